The van der Waals surface area contributed by atoms with Crippen LogP contribution >= 0.6 is 0 Å². The zero-order valence-corrected chi connectivity index (χ0v) is 8.41. The van der Waals surface area contributed by atoms with Gasteiger partial charge in [0.2, 0.25) is 5.91 Å². The van der Waals surface area contributed by atoms with Crippen molar-refractivity contribution in [3.63, 3.8) is 0 Å². The predicted molar refractivity (Wildman–Crippen MR) is 53.7 cm³/mol. The monoisotopic (exact) mass is 201 g/mol. The van der Waals surface area contributed by atoms with Crippen LogP contribution < -0.4 is 11.1 Å². The molecule has 5 heteroatoms. The van der Waals surface area contributed by atoms with Crippen LogP contribution in [0.3, 0.4) is 0 Å². The number of carbonyl (C=O) groups is 1. The van der Waals surface area contributed by atoms with E-state index in [1.165, 1.54) is 0 Å². The highest BCUT2D eigenvalue weighted by Crippen LogP contribution is 2.25. The van der Waals surface area contributed by atoms with Gasteiger partial charge in [-0.15, -0.1) is 0 Å². The van der Waals surface area contributed by atoms with Crippen molar-refractivity contribution < 1.29 is 9.90 Å². The third kappa shape index (κ3) is 4.04. The van der Waals surface area contributed by atoms with Gasteiger partial charge in [-0.25, -0.2) is 0 Å². The van der Waals surface area contributed by atoms with Gasteiger partial charge >= 0.3 is 0 Å². The van der Waals surface area contributed by atoms with Gasteiger partial charge in [-0.05, 0) is 12.8 Å². The predicted octanol–water partition coefficient (Wildman–Crippen LogP) is -1.48. The largest absolute Gasteiger partial charge is 0.395 e. The summed E-state index contributed by atoms with van der Waals surface area (Å²) < 4.78 is 0. The van der Waals surface area contributed by atoms with Crippen LogP contribution in [0.2, 0.25) is 0 Å². The van der Waals surface area contributed by atoms with E-state index in [0.717, 1.165) is 12.8 Å². The second-order valence-corrected chi connectivity index (χ2v) is 3.56. The lowest BCUT2D eigenvalue weighted by atomic mass is 10.4. The summed E-state index contributed by atoms with van der Waals surface area (Å²) in [5.74, 6) is -0.00389. The Hall–Kier alpha value is -0.650. The highest BCUT2D eigenvalue weighted by atomic mass is 16.3. The summed E-state index contributed by atoms with van der Waals surface area (Å²) in [5.41, 5.74) is 5.27. The molecule has 82 valence electrons. The molecule has 0 aromatic rings. The van der Waals surface area contributed by atoms with Crippen molar-refractivity contribution in [3.8, 4) is 0 Å². The first-order chi connectivity index (χ1) is 6.77. The van der Waals surface area contributed by atoms with Crippen molar-refractivity contribution in [1.82, 2.24) is 10.2 Å². The average molecular weight is 201 g/mol. The van der Waals surface area contributed by atoms with E-state index in [1.807, 2.05) is 4.90 Å². The molecule has 1 aliphatic rings. The standard InChI is InChI=1S/C9H19N3O2/c10-3-4-11-9(14)7-12(5-6-13)8-1-2-8/h8,13H,1-7,10H2,(H,11,14). The minimum absolute atomic E-state index is 0.00389. The van der Waals surface area contributed by atoms with Gasteiger partial charge in [-0.1, -0.05) is 0 Å². The third-order valence-corrected chi connectivity index (χ3v) is 2.26. The Labute approximate surface area is 84.3 Å². The molecule has 1 fully saturated rings. The highest BCUT2D eigenvalue weighted by molar-refractivity contribution is 5.78. The summed E-state index contributed by atoms with van der Waals surface area (Å²) in [5, 5.41) is 11.5. The second kappa shape index (κ2) is 5.95. The zero-order valence-electron chi connectivity index (χ0n) is 8.41. The van der Waals surface area contributed by atoms with Gasteiger partial charge in [0.25, 0.3) is 0 Å². The molecule has 1 saturated carbocycles. The van der Waals surface area contributed by atoms with E-state index in [1.54, 1.807) is 0 Å². The van der Waals surface area contributed by atoms with Gasteiger partial charge in [0.15, 0.2) is 0 Å². The highest BCUT2D eigenvalue weighted by Gasteiger charge is 2.29. The number of nitrogens with one attached hydrogen (secondary N) is 1. The quantitative estimate of drug-likeness (QED) is 0.469. The van der Waals surface area contributed by atoms with E-state index in [0.29, 0.717) is 32.2 Å². The van der Waals surface area contributed by atoms with Gasteiger partial charge in [0.05, 0.1) is 13.2 Å². The molecule has 0 atom stereocenters. The molecular weight excluding hydrogens is 182 g/mol. The Morgan fingerprint density at radius 3 is 2.79 bits per heavy atom. The van der Waals surface area contributed by atoms with Crippen LogP contribution in [0.25, 0.3) is 0 Å². The SMILES string of the molecule is NCCNC(=O)CN(CCO)C1CC1. The molecule has 0 unspecified atom stereocenters. The topological polar surface area (TPSA) is 78.6 Å². The molecule has 0 bridgehead atoms. The molecule has 0 aliphatic heterocycles. The molecule has 0 spiro atoms. The summed E-state index contributed by atoms with van der Waals surface area (Å²) in [6.45, 7) is 2.07. The van der Waals surface area contributed by atoms with Crippen molar-refractivity contribution in [2.75, 3.05) is 32.8 Å². The molecule has 1 amide bonds. The zero-order chi connectivity index (χ0) is 10.4. The van der Waals surface area contributed by atoms with Gasteiger partial charge in [0, 0.05) is 25.7 Å². The van der Waals surface area contributed by atoms with Crippen LogP contribution in [0, 0.1) is 0 Å². The number of aliphatic hydroxyl groups excluding tert-OH is 1. The van der Waals surface area contributed by atoms with E-state index in [4.69, 9.17) is 10.8 Å². The van der Waals surface area contributed by atoms with Crippen molar-refractivity contribution in [1.29, 1.82) is 0 Å². The van der Waals surface area contributed by atoms with E-state index < -0.39 is 0 Å². The minimum Gasteiger partial charge on any atom is -0.395 e. The lowest BCUT2D eigenvalue weighted by Crippen LogP contribution is -2.41. The van der Waals surface area contributed by atoms with Crippen LogP contribution in [0.1, 0.15) is 12.8 Å². The fourth-order valence-corrected chi connectivity index (χ4v) is 1.41. The summed E-state index contributed by atoms with van der Waals surface area (Å²) in [6.07, 6.45) is 2.29. The van der Waals surface area contributed by atoms with E-state index >= 15 is 0 Å². The summed E-state index contributed by atoms with van der Waals surface area (Å²) in [4.78, 5) is 13.3. The molecule has 0 radical (unpaired) electrons. The van der Waals surface area contributed by atoms with Crippen LogP contribution in [-0.2, 0) is 4.79 Å². The summed E-state index contributed by atoms with van der Waals surface area (Å²) in [7, 11) is 0. The van der Waals surface area contributed by atoms with Crippen molar-refractivity contribution in [3.05, 3.63) is 0 Å². The number of nitrogens with zero attached hydrogens (tertiary/aromatic N) is 1. The van der Waals surface area contributed by atoms with Crippen molar-refractivity contribution in [2.45, 2.75) is 18.9 Å². The Morgan fingerprint density at radius 2 is 2.29 bits per heavy atom. The molecule has 0 heterocycles. The molecular formula is C9H19N3O2. The first-order valence-corrected chi connectivity index (χ1v) is 5.09. The molecule has 4 N–H and O–H groups in total. The normalized spacial score (nSPS) is 15.9. The lowest BCUT2D eigenvalue weighted by molar-refractivity contribution is -0.122. The number of aliphatic hydroxyl groups is 1. The molecule has 14 heavy (non-hydrogen) atoms. The average Bonchev–Trinajstić information content (AvgIpc) is 2.97. The van der Waals surface area contributed by atoms with E-state index in [9.17, 15) is 4.79 Å². The summed E-state index contributed by atoms with van der Waals surface area (Å²) >= 11 is 0. The van der Waals surface area contributed by atoms with E-state index in [2.05, 4.69) is 5.32 Å². The number of rotatable bonds is 7. The first kappa shape index (κ1) is 11.4. The van der Waals surface area contributed by atoms with Crippen LogP contribution in [0.4, 0.5) is 0 Å². The third-order valence-electron chi connectivity index (χ3n) is 2.26. The minimum atomic E-state index is -0.00389. The lowest BCUT2D eigenvalue weighted by Gasteiger charge is -2.19. The maximum Gasteiger partial charge on any atom is 0.234 e. The smallest absolute Gasteiger partial charge is 0.234 e. The fraction of sp³-hybridized carbons (Fsp3) is 0.889. The molecule has 0 aromatic carbocycles. The van der Waals surface area contributed by atoms with Gasteiger partial charge in [-0.3, -0.25) is 9.69 Å². The van der Waals surface area contributed by atoms with Gasteiger partial charge in [0.1, 0.15) is 0 Å². The molecule has 1 aliphatic carbocycles. The first-order valence-electron chi connectivity index (χ1n) is 5.09. The number of hydrogen-bond acceptors (Lipinski definition) is 4. The Kier molecular flexibility index (Phi) is 4.86. The molecule has 0 saturated heterocycles. The molecule has 1 rings (SSSR count). The number of amides is 1. The maximum absolute atomic E-state index is 11.3. The van der Waals surface area contributed by atoms with Crippen molar-refractivity contribution >= 4 is 5.91 Å². The molecule has 5 nitrogen and oxygen atoms in total. The van der Waals surface area contributed by atoms with Gasteiger partial charge in [-0.2, -0.15) is 0 Å². The maximum atomic E-state index is 11.3. The number of nitrogens with two attached hydrogens (primary N) is 1. The van der Waals surface area contributed by atoms with Gasteiger partial charge < -0.3 is 16.2 Å². The Bertz CT molecular complexity index is 183. The second-order valence-electron chi connectivity index (χ2n) is 3.56. The van der Waals surface area contributed by atoms with Crippen molar-refractivity contribution in [2.24, 2.45) is 5.73 Å². The van der Waals surface area contributed by atoms with Crippen LogP contribution in [0.15, 0.2) is 0 Å². The number of hydrogen-bond donors (Lipinski definition) is 3. The fourth-order valence-electron chi connectivity index (χ4n) is 1.41. The Morgan fingerprint density at radius 1 is 1.57 bits per heavy atom. The van der Waals surface area contributed by atoms with E-state index in [-0.39, 0.29) is 12.5 Å². The number of carbonyl (C=O) groups excluding carboxylic acids is 1. The molecule has 0 aromatic heterocycles. The Balaban J connectivity index is 2.20. The van der Waals surface area contributed by atoms with Crippen LogP contribution in [-0.4, -0.2) is 54.7 Å². The summed E-state index contributed by atoms with van der Waals surface area (Å²) in [6, 6.07) is 0.505. The van der Waals surface area contributed by atoms with Crippen LogP contribution in [0.5, 0.6) is 0 Å².